The fraction of sp³-hybridized carbons (Fsp3) is 0.364. The zero-order valence-corrected chi connectivity index (χ0v) is 15.5. The quantitative estimate of drug-likeness (QED) is 0.364. The van der Waals surface area contributed by atoms with Crippen molar-refractivity contribution in [1.29, 1.82) is 0 Å². The van der Waals surface area contributed by atoms with Gasteiger partial charge in [0, 0.05) is 0 Å². The lowest BCUT2D eigenvalue weighted by atomic mass is 9.87. The largest absolute Gasteiger partial charge is 0.573 e. The molecule has 6 heteroatoms. The van der Waals surface area contributed by atoms with Gasteiger partial charge in [0.25, 0.3) is 0 Å². The number of fused-ring (bicyclic) bond motifs is 1. The monoisotopic (exact) mass is 396 g/mol. The molecule has 2 aromatic rings. The van der Waals surface area contributed by atoms with Crippen LogP contribution in [0.5, 0.6) is 5.75 Å². The van der Waals surface area contributed by atoms with Gasteiger partial charge in [0.05, 0.1) is 5.56 Å². The van der Waals surface area contributed by atoms with Crippen LogP contribution in [0.1, 0.15) is 50.2 Å². The van der Waals surface area contributed by atoms with Crippen LogP contribution < -0.4 is 4.74 Å². The molecule has 0 radical (unpaired) electrons. The number of ether oxygens (including phenoxy) is 1. The lowest BCUT2D eigenvalue weighted by Crippen LogP contribution is -2.17. The van der Waals surface area contributed by atoms with E-state index < -0.39 is 23.7 Å². The van der Waals surface area contributed by atoms with Crippen molar-refractivity contribution in [2.45, 2.75) is 51.8 Å². The van der Waals surface area contributed by atoms with E-state index in [1.807, 2.05) is 6.08 Å². The minimum Gasteiger partial charge on any atom is -0.406 e. The second-order valence-corrected chi connectivity index (χ2v) is 6.95. The number of halogens is 5. The van der Waals surface area contributed by atoms with Gasteiger partial charge in [-0.15, -0.1) is 13.2 Å². The first kappa shape index (κ1) is 20.4. The average molecular weight is 396 g/mol. The first-order valence-electron chi connectivity index (χ1n) is 9.35. The Balaban J connectivity index is 1.89. The van der Waals surface area contributed by atoms with Gasteiger partial charge in [-0.05, 0) is 60.6 Å². The minimum absolute atomic E-state index is 0.171. The molecule has 1 nitrogen and oxygen atoms in total. The van der Waals surface area contributed by atoms with Crippen molar-refractivity contribution in [2.24, 2.45) is 0 Å². The molecule has 1 aliphatic carbocycles. The maximum atomic E-state index is 15.0. The molecule has 0 spiro atoms. The summed E-state index contributed by atoms with van der Waals surface area (Å²) >= 11 is 0. The molecular weight excluding hydrogens is 375 g/mol. The van der Waals surface area contributed by atoms with E-state index >= 15 is 4.39 Å². The van der Waals surface area contributed by atoms with Crippen LogP contribution >= 0.6 is 0 Å². The van der Waals surface area contributed by atoms with Crippen molar-refractivity contribution < 1.29 is 26.7 Å². The molecule has 0 N–H and O–H groups in total. The Bertz CT molecular complexity index is 866. The Hall–Kier alpha value is -2.37. The van der Waals surface area contributed by atoms with Crippen LogP contribution in [-0.2, 0) is 6.42 Å². The Morgan fingerprint density at radius 1 is 1.00 bits per heavy atom. The SMILES string of the molecule is CCCCCC1=Cc2cc(F)c(-c3ccc(OC(F)(F)F)cc3)c(F)c2CC1. The zero-order chi connectivity index (χ0) is 20.3. The molecule has 3 rings (SSSR count). The highest BCUT2D eigenvalue weighted by Crippen LogP contribution is 2.36. The Kier molecular flexibility index (Phi) is 6.06. The Morgan fingerprint density at radius 3 is 2.36 bits per heavy atom. The fourth-order valence-corrected chi connectivity index (χ4v) is 3.53. The minimum atomic E-state index is -4.81. The van der Waals surface area contributed by atoms with Gasteiger partial charge in [-0.3, -0.25) is 0 Å². The first-order chi connectivity index (χ1) is 13.3. The van der Waals surface area contributed by atoms with Crippen LogP contribution in [0.25, 0.3) is 17.2 Å². The molecule has 28 heavy (non-hydrogen) atoms. The van der Waals surface area contributed by atoms with Gasteiger partial charge in [-0.2, -0.15) is 0 Å². The maximum Gasteiger partial charge on any atom is 0.573 e. The molecule has 0 heterocycles. The van der Waals surface area contributed by atoms with E-state index in [0.717, 1.165) is 44.2 Å². The molecule has 0 aliphatic heterocycles. The van der Waals surface area contributed by atoms with Gasteiger partial charge < -0.3 is 4.74 Å². The molecule has 0 amide bonds. The number of benzene rings is 2. The topological polar surface area (TPSA) is 9.23 Å². The summed E-state index contributed by atoms with van der Waals surface area (Å²) in [5.41, 5.74) is 2.14. The van der Waals surface area contributed by atoms with Crippen LogP contribution in [0.2, 0.25) is 0 Å². The number of rotatable bonds is 6. The van der Waals surface area contributed by atoms with Gasteiger partial charge in [-0.25, -0.2) is 8.78 Å². The zero-order valence-electron chi connectivity index (χ0n) is 15.5. The van der Waals surface area contributed by atoms with E-state index in [9.17, 15) is 17.6 Å². The molecule has 0 bridgehead atoms. The number of unbranched alkanes of at least 4 members (excludes halogenated alkanes) is 2. The third-order valence-corrected chi connectivity index (χ3v) is 4.89. The number of hydrogen-bond donors (Lipinski definition) is 0. The maximum absolute atomic E-state index is 15.0. The van der Waals surface area contributed by atoms with E-state index in [0.29, 0.717) is 17.5 Å². The van der Waals surface area contributed by atoms with Gasteiger partial charge in [0.15, 0.2) is 0 Å². The van der Waals surface area contributed by atoms with E-state index in [-0.39, 0.29) is 11.1 Å². The lowest BCUT2D eigenvalue weighted by Gasteiger charge is -2.20. The van der Waals surface area contributed by atoms with Gasteiger partial charge >= 0.3 is 6.36 Å². The molecule has 0 saturated carbocycles. The van der Waals surface area contributed by atoms with Crippen molar-refractivity contribution in [3.8, 4) is 16.9 Å². The van der Waals surface area contributed by atoms with Gasteiger partial charge in [-0.1, -0.05) is 43.5 Å². The normalized spacial score (nSPS) is 13.9. The number of hydrogen-bond acceptors (Lipinski definition) is 1. The molecule has 0 saturated heterocycles. The summed E-state index contributed by atoms with van der Waals surface area (Å²) in [6.45, 7) is 2.12. The smallest absolute Gasteiger partial charge is 0.406 e. The molecule has 1 aliphatic rings. The lowest BCUT2D eigenvalue weighted by molar-refractivity contribution is -0.274. The molecule has 2 aromatic carbocycles. The second kappa shape index (κ2) is 8.33. The average Bonchev–Trinajstić information content (AvgIpc) is 2.62. The van der Waals surface area contributed by atoms with Crippen LogP contribution in [0.4, 0.5) is 22.0 Å². The van der Waals surface area contributed by atoms with E-state index in [2.05, 4.69) is 11.7 Å². The predicted molar refractivity (Wildman–Crippen MR) is 98.9 cm³/mol. The second-order valence-electron chi connectivity index (χ2n) is 6.95. The molecular formula is C22H21F5O. The van der Waals surface area contributed by atoms with E-state index in [1.54, 1.807) is 0 Å². The fourth-order valence-electron chi connectivity index (χ4n) is 3.53. The number of allylic oxidation sites excluding steroid dienone is 1. The van der Waals surface area contributed by atoms with Crippen molar-refractivity contribution in [1.82, 2.24) is 0 Å². The van der Waals surface area contributed by atoms with E-state index in [4.69, 9.17) is 0 Å². The van der Waals surface area contributed by atoms with Crippen LogP contribution in [0, 0.1) is 11.6 Å². The highest BCUT2D eigenvalue weighted by atomic mass is 19.4. The Labute approximate surface area is 160 Å². The summed E-state index contributed by atoms with van der Waals surface area (Å²) in [5, 5.41) is 0. The molecule has 0 unspecified atom stereocenters. The van der Waals surface area contributed by atoms with Crippen molar-refractivity contribution in [2.75, 3.05) is 0 Å². The van der Waals surface area contributed by atoms with Crippen molar-refractivity contribution >= 4 is 6.08 Å². The molecule has 0 atom stereocenters. The summed E-state index contributed by atoms with van der Waals surface area (Å²) in [6, 6.07) is 5.86. The summed E-state index contributed by atoms with van der Waals surface area (Å²) < 4.78 is 70.3. The third-order valence-electron chi connectivity index (χ3n) is 4.89. The molecule has 150 valence electrons. The highest BCUT2D eigenvalue weighted by molar-refractivity contribution is 5.71. The summed E-state index contributed by atoms with van der Waals surface area (Å²) in [6.07, 6.45) is 2.50. The first-order valence-corrected chi connectivity index (χ1v) is 9.35. The molecule has 0 aromatic heterocycles. The standard InChI is InChI=1S/C22H21F5O/c1-2-3-4-5-14-6-11-18-16(12-14)13-19(23)20(21(18)24)15-7-9-17(10-8-15)28-22(25,26)27/h7-10,12-13H,2-6,11H2,1H3. The van der Waals surface area contributed by atoms with Crippen LogP contribution in [0.15, 0.2) is 35.9 Å². The van der Waals surface area contributed by atoms with Crippen molar-refractivity contribution in [3.05, 3.63) is 58.7 Å². The van der Waals surface area contributed by atoms with Gasteiger partial charge in [0.2, 0.25) is 0 Å². The Morgan fingerprint density at radius 2 is 1.71 bits per heavy atom. The van der Waals surface area contributed by atoms with E-state index in [1.165, 1.54) is 23.8 Å². The van der Waals surface area contributed by atoms with Crippen LogP contribution in [-0.4, -0.2) is 6.36 Å². The van der Waals surface area contributed by atoms with Gasteiger partial charge in [0.1, 0.15) is 17.4 Å². The van der Waals surface area contributed by atoms with Crippen molar-refractivity contribution in [3.63, 3.8) is 0 Å². The summed E-state index contributed by atoms with van der Waals surface area (Å²) in [4.78, 5) is 0. The van der Waals surface area contributed by atoms with Crippen LogP contribution in [0.3, 0.4) is 0 Å². The summed E-state index contributed by atoms with van der Waals surface area (Å²) in [5.74, 6) is -1.81. The predicted octanol–water partition coefficient (Wildman–Crippen LogP) is 7.44. The number of alkyl halides is 3. The third kappa shape index (κ3) is 4.72. The molecule has 0 fully saturated rings. The summed E-state index contributed by atoms with van der Waals surface area (Å²) in [7, 11) is 0. The highest BCUT2D eigenvalue weighted by Gasteiger charge is 2.31.